The molecule has 1 N–H and O–H groups in total. The van der Waals surface area contributed by atoms with Gasteiger partial charge in [-0.05, 0) is 51.4 Å². The molecule has 0 amide bonds. The van der Waals surface area contributed by atoms with Crippen molar-refractivity contribution in [3.63, 3.8) is 0 Å². The summed E-state index contributed by atoms with van der Waals surface area (Å²) >= 11 is 1.31. The Balaban J connectivity index is 1.88. The SMILES string of the molecule is CCc1ccc(S(=O)(=O)N2CC[C@@]3(C(=O)O)CCCN(C)[C@@H]3C2)s1. The standard InChI is InChI=1S/C16H24N2O4S2/c1-3-12-5-6-14(23-12)24(21,22)18-10-8-16(15(19)20)7-4-9-17(2)13(16)11-18/h5-6,13H,3-4,7-11H2,1-2H3,(H,19,20)/t13-,16+/m1/s1. The highest BCUT2D eigenvalue weighted by atomic mass is 32.2. The number of hydrogen-bond acceptors (Lipinski definition) is 5. The zero-order valence-corrected chi connectivity index (χ0v) is 15.7. The molecule has 134 valence electrons. The average Bonchev–Trinajstić information content (AvgIpc) is 3.04. The maximum absolute atomic E-state index is 12.9. The summed E-state index contributed by atoms with van der Waals surface area (Å²) in [6, 6.07) is 3.26. The summed E-state index contributed by atoms with van der Waals surface area (Å²) in [5.41, 5.74) is -0.816. The molecule has 2 atom stereocenters. The van der Waals surface area contributed by atoms with Gasteiger partial charge in [-0.3, -0.25) is 4.79 Å². The van der Waals surface area contributed by atoms with Crippen LogP contribution in [0.2, 0.25) is 0 Å². The van der Waals surface area contributed by atoms with Gasteiger partial charge < -0.3 is 10.0 Å². The maximum atomic E-state index is 12.9. The second-order valence-corrected chi connectivity index (χ2v) is 10.1. The van der Waals surface area contributed by atoms with Crippen molar-refractivity contribution >= 4 is 27.3 Å². The molecule has 2 aliphatic heterocycles. The third kappa shape index (κ3) is 2.79. The number of aryl methyl sites for hydroxylation is 1. The summed E-state index contributed by atoms with van der Waals surface area (Å²) in [6.07, 6.45) is 2.66. The minimum Gasteiger partial charge on any atom is -0.481 e. The molecule has 0 aromatic carbocycles. The number of thiophene rings is 1. The van der Waals surface area contributed by atoms with E-state index in [0.29, 0.717) is 17.1 Å². The second kappa shape index (κ2) is 6.40. The van der Waals surface area contributed by atoms with Gasteiger partial charge in [0.15, 0.2) is 0 Å². The number of hydrogen-bond donors (Lipinski definition) is 1. The Kier molecular flexibility index (Phi) is 4.76. The number of carboxylic acid groups (broad SMARTS) is 1. The predicted molar refractivity (Wildman–Crippen MR) is 92.8 cm³/mol. The molecule has 8 heteroatoms. The van der Waals surface area contributed by atoms with Gasteiger partial charge in [-0.2, -0.15) is 4.31 Å². The molecule has 1 aromatic heterocycles. The Bertz CT molecular complexity index is 730. The van der Waals surface area contributed by atoms with E-state index in [4.69, 9.17) is 0 Å². The first-order valence-corrected chi connectivity index (χ1v) is 10.6. The van der Waals surface area contributed by atoms with Gasteiger partial charge in [0.1, 0.15) is 4.21 Å². The van der Waals surface area contributed by atoms with Crippen LogP contribution in [0.25, 0.3) is 0 Å². The predicted octanol–water partition coefficient (Wildman–Crippen LogP) is 1.87. The molecule has 3 rings (SSSR count). The van der Waals surface area contributed by atoms with Crippen LogP contribution >= 0.6 is 11.3 Å². The topological polar surface area (TPSA) is 77.9 Å². The van der Waals surface area contributed by atoms with Gasteiger partial charge >= 0.3 is 5.97 Å². The third-order valence-electron chi connectivity index (χ3n) is 5.49. The molecule has 0 radical (unpaired) electrons. The van der Waals surface area contributed by atoms with Crippen molar-refractivity contribution in [2.75, 3.05) is 26.7 Å². The van der Waals surface area contributed by atoms with Gasteiger partial charge in [0.25, 0.3) is 10.0 Å². The minimum atomic E-state index is -3.55. The van der Waals surface area contributed by atoms with Crippen molar-refractivity contribution in [3.05, 3.63) is 17.0 Å². The van der Waals surface area contributed by atoms with E-state index < -0.39 is 21.4 Å². The summed E-state index contributed by atoms with van der Waals surface area (Å²) in [7, 11) is -1.64. The smallest absolute Gasteiger partial charge is 0.311 e. The molecule has 2 saturated heterocycles. The monoisotopic (exact) mass is 372 g/mol. The fourth-order valence-electron chi connectivity index (χ4n) is 3.99. The number of likely N-dealkylation sites (tertiary alicyclic amines) is 1. The Labute approximate surface area is 147 Å². The van der Waals surface area contributed by atoms with E-state index in [1.165, 1.54) is 15.6 Å². The average molecular weight is 373 g/mol. The van der Waals surface area contributed by atoms with E-state index >= 15 is 0 Å². The van der Waals surface area contributed by atoms with Crippen molar-refractivity contribution in [3.8, 4) is 0 Å². The van der Waals surface area contributed by atoms with E-state index in [0.717, 1.165) is 24.3 Å². The summed E-state index contributed by atoms with van der Waals surface area (Å²) in [6.45, 7) is 3.34. The molecule has 0 aliphatic carbocycles. The molecule has 2 aliphatic rings. The number of likely N-dealkylation sites (N-methyl/N-ethyl adjacent to an activating group) is 1. The highest BCUT2D eigenvalue weighted by Crippen LogP contribution is 2.43. The van der Waals surface area contributed by atoms with Gasteiger partial charge in [-0.15, -0.1) is 11.3 Å². The second-order valence-electron chi connectivity index (χ2n) is 6.75. The van der Waals surface area contributed by atoms with E-state index in [-0.39, 0.29) is 19.1 Å². The lowest BCUT2D eigenvalue weighted by atomic mass is 9.69. The molecule has 0 spiro atoms. The zero-order chi connectivity index (χ0) is 17.5. The molecule has 0 saturated carbocycles. The zero-order valence-electron chi connectivity index (χ0n) is 14.1. The lowest BCUT2D eigenvalue weighted by Crippen LogP contribution is -2.63. The number of fused-ring (bicyclic) bond motifs is 1. The Hall–Kier alpha value is -0.960. The molecular formula is C16H24N2O4S2. The largest absolute Gasteiger partial charge is 0.481 e. The quantitative estimate of drug-likeness (QED) is 0.873. The van der Waals surface area contributed by atoms with Crippen LogP contribution in [-0.2, 0) is 21.2 Å². The van der Waals surface area contributed by atoms with E-state index in [2.05, 4.69) is 0 Å². The van der Waals surface area contributed by atoms with Gasteiger partial charge in [-0.1, -0.05) is 6.92 Å². The first-order chi connectivity index (χ1) is 11.3. The van der Waals surface area contributed by atoms with Crippen molar-refractivity contribution in [2.45, 2.75) is 42.9 Å². The molecule has 0 bridgehead atoms. The Morgan fingerprint density at radius 3 is 2.75 bits per heavy atom. The van der Waals surface area contributed by atoms with Gasteiger partial charge in [0.2, 0.25) is 0 Å². The van der Waals surface area contributed by atoms with Gasteiger partial charge in [0, 0.05) is 24.0 Å². The Morgan fingerprint density at radius 1 is 1.38 bits per heavy atom. The number of nitrogens with zero attached hydrogens (tertiary/aromatic N) is 2. The van der Waals surface area contributed by atoms with Crippen LogP contribution in [0.15, 0.2) is 16.3 Å². The highest BCUT2D eigenvalue weighted by Gasteiger charge is 2.53. The number of sulfonamides is 1. The van der Waals surface area contributed by atoms with Crippen LogP contribution in [0.4, 0.5) is 0 Å². The summed E-state index contributed by atoms with van der Waals surface area (Å²) in [4.78, 5) is 15.0. The first-order valence-electron chi connectivity index (χ1n) is 8.34. The molecule has 1 aromatic rings. The molecule has 0 unspecified atom stereocenters. The van der Waals surface area contributed by atoms with Gasteiger partial charge in [-0.25, -0.2) is 8.42 Å². The normalized spacial score (nSPS) is 29.3. The van der Waals surface area contributed by atoms with Crippen LogP contribution in [-0.4, -0.2) is 61.4 Å². The molecule has 2 fully saturated rings. The lowest BCUT2D eigenvalue weighted by Gasteiger charge is -2.51. The number of carbonyl (C=O) groups is 1. The summed E-state index contributed by atoms with van der Waals surface area (Å²) in [5, 5.41) is 9.79. The summed E-state index contributed by atoms with van der Waals surface area (Å²) < 4.78 is 27.7. The van der Waals surface area contributed by atoms with Crippen molar-refractivity contribution < 1.29 is 18.3 Å². The molecular weight excluding hydrogens is 348 g/mol. The van der Waals surface area contributed by atoms with Crippen LogP contribution in [0, 0.1) is 5.41 Å². The van der Waals surface area contributed by atoms with Crippen LogP contribution in [0.3, 0.4) is 0 Å². The van der Waals surface area contributed by atoms with Crippen molar-refractivity contribution in [2.24, 2.45) is 5.41 Å². The van der Waals surface area contributed by atoms with Crippen LogP contribution in [0.5, 0.6) is 0 Å². The minimum absolute atomic E-state index is 0.254. The van der Waals surface area contributed by atoms with E-state index in [1.807, 2.05) is 24.9 Å². The molecule has 3 heterocycles. The third-order valence-corrected chi connectivity index (χ3v) is 9.06. The number of carboxylic acids is 1. The van der Waals surface area contributed by atoms with Crippen LogP contribution in [0.1, 0.15) is 31.1 Å². The van der Waals surface area contributed by atoms with Crippen molar-refractivity contribution in [1.29, 1.82) is 0 Å². The van der Waals surface area contributed by atoms with Crippen molar-refractivity contribution in [1.82, 2.24) is 9.21 Å². The fourth-order valence-corrected chi connectivity index (χ4v) is 6.89. The van der Waals surface area contributed by atoms with E-state index in [9.17, 15) is 18.3 Å². The van der Waals surface area contributed by atoms with Gasteiger partial charge in [0.05, 0.1) is 5.41 Å². The molecule has 6 nitrogen and oxygen atoms in total. The lowest BCUT2D eigenvalue weighted by molar-refractivity contribution is -0.160. The number of piperidine rings is 2. The highest BCUT2D eigenvalue weighted by molar-refractivity contribution is 7.91. The summed E-state index contributed by atoms with van der Waals surface area (Å²) in [5.74, 6) is -0.791. The fraction of sp³-hybridized carbons (Fsp3) is 0.688. The Morgan fingerprint density at radius 2 is 2.12 bits per heavy atom. The number of rotatable bonds is 4. The maximum Gasteiger partial charge on any atom is 0.311 e. The number of aliphatic carboxylic acids is 1. The molecule has 24 heavy (non-hydrogen) atoms. The van der Waals surface area contributed by atoms with Crippen LogP contribution < -0.4 is 0 Å². The van der Waals surface area contributed by atoms with E-state index in [1.54, 1.807) is 6.07 Å². The first kappa shape index (κ1) is 17.8.